The molecule has 0 radical (unpaired) electrons. The first-order valence-electron chi connectivity index (χ1n) is 5.16. The maximum atomic E-state index is 12.4. The second-order valence-corrected chi connectivity index (χ2v) is 3.68. The zero-order valence-electron chi connectivity index (χ0n) is 9.49. The van der Waals surface area contributed by atoms with E-state index in [4.69, 9.17) is 9.15 Å². The number of aromatic nitrogens is 1. The van der Waals surface area contributed by atoms with E-state index in [0.717, 1.165) is 12.1 Å². The average Bonchev–Trinajstić information content (AvgIpc) is 2.72. The molecule has 2 rings (SSSR count). The van der Waals surface area contributed by atoms with Crippen LogP contribution in [0.25, 0.3) is 0 Å². The van der Waals surface area contributed by atoms with Crippen molar-refractivity contribution in [2.45, 2.75) is 19.7 Å². The fourth-order valence-electron chi connectivity index (χ4n) is 1.38. The highest BCUT2D eigenvalue weighted by Crippen LogP contribution is 2.31. The Morgan fingerprint density at radius 3 is 2.72 bits per heavy atom. The minimum atomic E-state index is -4.38. The number of nitrogens with zero attached hydrogens (tertiary/aromatic N) is 1. The van der Waals surface area contributed by atoms with E-state index in [-0.39, 0.29) is 12.4 Å². The zero-order chi connectivity index (χ0) is 13.2. The van der Waals surface area contributed by atoms with Crippen LogP contribution in [0.4, 0.5) is 13.2 Å². The monoisotopic (exact) mass is 257 g/mol. The summed E-state index contributed by atoms with van der Waals surface area (Å²) in [5.74, 6) is 1.07. The number of halogens is 3. The van der Waals surface area contributed by atoms with Crippen LogP contribution in [0.3, 0.4) is 0 Å². The predicted molar refractivity (Wildman–Crippen MR) is 57.0 cm³/mol. The third-order valence-corrected chi connectivity index (χ3v) is 2.19. The van der Waals surface area contributed by atoms with Crippen molar-refractivity contribution in [3.05, 3.63) is 47.7 Å². The third-order valence-electron chi connectivity index (χ3n) is 2.19. The van der Waals surface area contributed by atoms with Crippen LogP contribution in [-0.2, 0) is 12.8 Å². The molecule has 0 aliphatic rings. The number of alkyl halides is 3. The molecule has 1 aromatic carbocycles. The number of rotatable bonds is 3. The average molecular weight is 257 g/mol. The number of oxazole rings is 1. The summed E-state index contributed by atoms with van der Waals surface area (Å²) in [7, 11) is 0. The quantitative estimate of drug-likeness (QED) is 0.843. The lowest BCUT2D eigenvalue weighted by Gasteiger charge is -2.09. The molecule has 18 heavy (non-hydrogen) atoms. The SMILES string of the molecule is Cc1cnc(COc2cccc(C(F)(F)F)c2)o1. The lowest BCUT2D eigenvalue weighted by molar-refractivity contribution is -0.137. The van der Waals surface area contributed by atoms with E-state index in [9.17, 15) is 13.2 Å². The smallest absolute Gasteiger partial charge is 0.416 e. The van der Waals surface area contributed by atoms with E-state index >= 15 is 0 Å². The Hall–Kier alpha value is -1.98. The number of aryl methyl sites for hydroxylation is 1. The van der Waals surface area contributed by atoms with Gasteiger partial charge in [-0.25, -0.2) is 4.98 Å². The van der Waals surface area contributed by atoms with E-state index in [0.29, 0.717) is 11.7 Å². The first-order chi connectivity index (χ1) is 8.45. The highest BCUT2D eigenvalue weighted by molar-refractivity contribution is 5.30. The molecular weight excluding hydrogens is 247 g/mol. The molecule has 0 N–H and O–H groups in total. The first kappa shape index (κ1) is 12.5. The lowest BCUT2D eigenvalue weighted by Crippen LogP contribution is -2.05. The van der Waals surface area contributed by atoms with E-state index < -0.39 is 11.7 Å². The maximum Gasteiger partial charge on any atom is 0.416 e. The fraction of sp³-hybridized carbons (Fsp3) is 0.250. The van der Waals surface area contributed by atoms with Crippen LogP contribution in [-0.4, -0.2) is 4.98 Å². The standard InChI is InChI=1S/C12H10F3NO2/c1-8-6-16-11(18-8)7-17-10-4-2-3-9(5-10)12(13,14)15/h2-6H,7H2,1H3. The van der Waals surface area contributed by atoms with Crippen molar-refractivity contribution in [3.8, 4) is 5.75 Å². The van der Waals surface area contributed by atoms with Crippen LogP contribution in [0.2, 0.25) is 0 Å². The van der Waals surface area contributed by atoms with Crippen LogP contribution in [0.15, 0.2) is 34.9 Å². The van der Waals surface area contributed by atoms with Gasteiger partial charge in [0.2, 0.25) is 5.89 Å². The highest BCUT2D eigenvalue weighted by atomic mass is 19.4. The van der Waals surface area contributed by atoms with Gasteiger partial charge in [0.15, 0.2) is 6.61 Å². The third kappa shape index (κ3) is 3.03. The summed E-state index contributed by atoms with van der Waals surface area (Å²) >= 11 is 0. The van der Waals surface area contributed by atoms with Gasteiger partial charge in [-0.3, -0.25) is 0 Å². The minimum Gasteiger partial charge on any atom is -0.484 e. The largest absolute Gasteiger partial charge is 0.484 e. The van der Waals surface area contributed by atoms with Gasteiger partial charge in [-0.05, 0) is 25.1 Å². The molecule has 0 saturated heterocycles. The molecule has 0 saturated carbocycles. The molecule has 1 aromatic heterocycles. The van der Waals surface area contributed by atoms with E-state index in [1.54, 1.807) is 6.92 Å². The van der Waals surface area contributed by atoms with Crippen molar-refractivity contribution < 1.29 is 22.3 Å². The van der Waals surface area contributed by atoms with Crippen LogP contribution in [0.1, 0.15) is 17.2 Å². The molecule has 1 heterocycles. The summed E-state index contributed by atoms with van der Waals surface area (Å²) in [4.78, 5) is 3.89. The summed E-state index contributed by atoms with van der Waals surface area (Å²) in [6, 6.07) is 4.67. The number of hydrogen-bond donors (Lipinski definition) is 0. The second kappa shape index (κ2) is 4.72. The van der Waals surface area contributed by atoms with Crippen LogP contribution in [0.5, 0.6) is 5.75 Å². The second-order valence-electron chi connectivity index (χ2n) is 3.68. The zero-order valence-corrected chi connectivity index (χ0v) is 9.49. The Morgan fingerprint density at radius 2 is 2.11 bits per heavy atom. The lowest BCUT2D eigenvalue weighted by atomic mass is 10.2. The molecule has 3 nitrogen and oxygen atoms in total. The van der Waals surface area contributed by atoms with Gasteiger partial charge in [0.25, 0.3) is 0 Å². The van der Waals surface area contributed by atoms with Crippen molar-refractivity contribution in [1.82, 2.24) is 4.98 Å². The summed E-state index contributed by atoms with van der Waals surface area (Å²) in [6.45, 7) is 1.72. The van der Waals surface area contributed by atoms with Gasteiger partial charge in [0, 0.05) is 0 Å². The summed E-state index contributed by atoms with van der Waals surface area (Å²) < 4.78 is 47.7. The van der Waals surface area contributed by atoms with E-state index in [2.05, 4.69) is 4.98 Å². The Labute approximate surface area is 101 Å². The number of hydrogen-bond acceptors (Lipinski definition) is 3. The van der Waals surface area contributed by atoms with Crippen LogP contribution >= 0.6 is 0 Å². The molecular formula is C12H10F3NO2. The topological polar surface area (TPSA) is 35.3 Å². The van der Waals surface area contributed by atoms with E-state index in [1.165, 1.54) is 18.3 Å². The Kier molecular flexibility index (Phi) is 3.27. The molecule has 2 aromatic rings. The molecule has 0 amide bonds. The number of ether oxygens (including phenoxy) is 1. The molecule has 0 atom stereocenters. The summed E-state index contributed by atoms with van der Waals surface area (Å²) in [5, 5.41) is 0. The van der Waals surface area contributed by atoms with Gasteiger partial charge in [-0.15, -0.1) is 0 Å². The minimum absolute atomic E-state index is 0.00481. The molecule has 0 aliphatic carbocycles. The van der Waals surface area contributed by atoms with Gasteiger partial charge in [-0.2, -0.15) is 13.2 Å². The first-order valence-corrected chi connectivity index (χ1v) is 5.16. The van der Waals surface area contributed by atoms with E-state index in [1.807, 2.05) is 0 Å². The summed E-state index contributed by atoms with van der Waals surface area (Å²) in [5.41, 5.74) is -0.747. The van der Waals surface area contributed by atoms with Gasteiger partial charge >= 0.3 is 6.18 Å². The summed E-state index contributed by atoms with van der Waals surface area (Å²) in [6.07, 6.45) is -2.86. The molecule has 0 bridgehead atoms. The van der Waals surface area contributed by atoms with Crippen molar-refractivity contribution in [1.29, 1.82) is 0 Å². The van der Waals surface area contributed by atoms with Gasteiger partial charge < -0.3 is 9.15 Å². The van der Waals surface area contributed by atoms with Crippen LogP contribution in [0, 0.1) is 6.92 Å². The van der Waals surface area contributed by atoms with Gasteiger partial charge in [0.1, 0.15) is 11.5 Å². The van der Waals surface area contributed by atoms with Gasteiger partial charge in [-0.1, -0.05) is 6.07 Å². The molecule has 6 heteroatoms. The Morgan fingerprint density at radius 1 is 1.33 bits per heavy atom. The molecule has 0 spiro atoms. The highest BCUT2D eigenvalue weighted by Gasteiger charge is 2.30. The van der Waals surface area contributed by atoms with Gasteiger partial charge in [0.05, 0.1) is 11.8 Å². The fourth-order valence-corrected chi connectivity index (χ4v) is 1.38. The Balaban J connectivity index is 2.06. The molecule has 0 unspecified atom stereocenters. The van der Waals surface area contributed by atoms with Crippen molar-refractivity contribution in [3.63, 3.8) is 0 Å². The number of benzene rings is 1. The van der Waals surface area contributed by atoms with Crippen molar-refractivity contribution >= 4 is 0 Å². The molecule has 0 aliphatic heterocycles. The van der Waals surface area contributed by atoms with Crippen molar-refractivity contribution in [2.75, 3.05) is 0 Å². The molecule has 0 fully saturated rings. The van der Waals surface area contributed by atoms with Crippen LogP contribution < -0.4 is 4.74 Å². The normalized spacial score (nSPS) is 11.6. The Bertz CT molecular complexity index is 534. The maximum absolute atomic E-state index is 12.4. The molecule has 96 valence electrons. The van der Waals surface area contributed by atoms with Crippen molar-refractivity contribution in [2.24, 2.45) is 0 Å². The predicted octanol–water partition coefficient (Wildman–Crippen LogP) is 3.58.